The van der Waals surface area contributed by atoms with E-state index in [-0.39, 0.29) is 25.3 Å². The highest BCUT2D eigenvalue weighted by molar-refractivity contribution is 9.11. The van der Waals surface area contributed by atoms with Crippen molar-refractivity contribution in [1.82, 2.24) is 9.78 Å². The Morgan fingerprint density at radius 2 is 1.68 bits per heavy atom. The van der Waals surface area contributed by atoms with Crippen LogP contribution >= 0.6 is 43.6 Å². The smallest absolute Gasteiger partial charge is 0.178 e. The third-order valence-corrected chi connectivity index (χ3v) is 4.21. The van der Waals surface area contributed by atoms with Gasteiger partial charge in [0.15, 0.2) is 0 Å². The molecule has 0 unspecified atom stereocenters. The van der Waals surface area contributed by atoms with Gasteiger partial charge in [-0.15, -0.1) is 13.2 Å². The maximum absolute atomic E-state index is 12.6. The van der Waals surface area contributed by atoms with E-state index < -0.39 is 23.6 Å². The fourth-order valence-corrected chi connectivity index (χ4v) is 4.07. The molecule has 22 heavy (non-hydrogen) atoms. The molecule has 0 aliphatic carbocycles. The zero-order chi connectivity index (χ0) is 16.7. The van der Waals surface area contributed by atoms with Crippen LogP contribution in [0.4, 0.5) is 26.3 Å². The third kappa shape index (κ3) is 4.19. The van der Waals surface area contributed by atoms with Crippen molar-refractivity contribution in [2.45, 2.75) is 16.7 Å². The molecule has 0 aliphatic rings. The molecule has 0 atom stereocenters. The molecule has 0 aliphatic heterocycles. The SMILES string of the molecule is FC(F)(F)Sc1cc(Br)cc(Br)c1-c1ccn(C(F)(F)F)n1. The summed E-state index contributed by atoms with van der Waals surface area (Å²) in [5.74, 6) is 0. The molecule has 0 radical (unpaired) electrons. The van der Waals surface area contributed by atoms with Gasteiger partial charge < -0.3 is 0 Å². The third-order valence-electron chi connectivity index (χ3n) is 2.35. The molecule has 120 valence electrons. The van der Waals surface area contributed by atoms with E-state index >= 15 is 0 Å². The van der Waals surface area contributed by atoms with Crippen molar-refractivity contribution in [2.75, 3.05) is 0 Å². The van der Waals surface area contributed by atoms with Gasteiger partial charge >= 0.3 is 11.8 Å². The lowest BCUT2D eigenvalue weighted by Crippen LogP contribution is -2.17. The first-order chi connectivity index (χ1) is 9.97. The van der Waals surface area contributed by atoms with Crippen molar-refractivity contribution < 1.29 is 26.3 Å². The van der Waals surface area contributed by atoms with Gasteiger partial charge in [0, 0.05) is 25.6 Å². The maximum Gasteiger partial charge on any atom is 0.504 e. The normalized spacial score (nSPS) is 12.7. The zero-order valence-electron chi connectivity index (χ0n) is 10.1. The van der Waals surface area contributed by atoms with Crippen LogP contribution in [0.25, 0.3) is 11.3 Å². The van der Waals surface area contributed by atoms with Gasteiger partial charge in [-0.05, 0) is 30.0 Å². The highest BCUT2D eigenvalue weighted by atomic mass is 79.9. The van der Waals surface area contributed by atoms with E-state index in [1.54, 1.807) is 0 Å². The predicted molar refractivity (Wildman–Crippen MR) is 76.3 cm³/mol. The highest BCUT2D eigenvalue weighted by Gasteiger charge is 2.34. The molecule has 1 aromatic carbocycles. The molecule has 2 aromatic rings. The summed E-state index contributed by atoms with van der Waals surface area (Å²) in [7, 11) is 0. The fourth-order valence-electron chi connectivity index (χ4n) is 1.60. The van der Waals surface area contributed by atoms with Crippen LogP contribution in [0.2, 0.25) is 0 Å². The Hall–Kier alpha value is -0.680. The molecule has 0 amide bonds. The summed E-state index contributed by atoms with van der Waals surface area (Å²) < 4.78 is 75.8. The Kier molecular flexibility index (Phi) is 4.88. The number of hydrogen-bond acceptors (Lipinski definition) is 2. The van der Waals surface area contributed by atoms with E-state index in [4.69, 9.17) is 0 Å². The van der Waals surface area contributed by atoms with Crippen LogP contribution in [0.3, 0.4) is 0 Å². The van der Waals surface area contributed by atoms with E-state index in [9.17, 15) is 26.3 Å². The second-order valence-electron chi connectivity index (χ2n) is 3.92. The minimum atomic E-state index is -4.74. The van der Waals surface area contributed by atoms with Gasteiger partial charge in [-0.1, -0.05) is 31.9 Å². The summed E-state index contributed by atoms with van der Waals surface area (Å²) in [4.78, 5) is -0.263. The molecule has 2 rings (SSSR count). The molecular formula is C11H4Br2F6N2S. The molecule has 0 N–H and O–H groups in total. The predicted octanol–water partition coefficient (Wildman–Crippen LogP) is 6.16. The van der Waals surface area contributed by atoms with Crippen molar-refractivity contribution in [3.8, 4) is 11.3 Å². The number of rotatable bonds is 2. The van der Waals surface area contributed by atoms with Crippen LogP contribution in [-0.2, 0) is 6.30 Å². The Morgan fingerprint density at radius 1 is 1.05 bits per heavy atom. The number of halogens is 8. The van der Waals surface area contributed by atoms with E-state index in [1.165, 1.54) is 12.1 Å². The highest BCUT2D eigenvalue weighted by Crippen LogP contribution is 2.45. The summed E-state index contributed by atoms with van der Waals surface area (Å²) in [6.07, 6.45) is -4.09. The van der Waals surface area contributed by atoms with Crippen molar-refractivity contribution in [3.05, 3.63) is 33.3 Å². The summed E-state index contributed by atoms with van der Waals surface area (Å²) in [6.45, 7) is 0. The van der Waals surface area contributed by atoms with Crippen LogP contribution < -0.4 is 0 Å². The molecule has 0 fully saturated rings. The quantitative estimate of drug-likeness (QED) is 0.387. The number of thioether (sulfide) groups is 1. The van der Waals surface area contributed by atoms with E-state index in [2.05, 4.69) is 37.0 Å². The Balaban J connectivity index is 2.56. The largest absolute Gasteiger partial charge is 0.504 e. The number of hydrogen-bond donors (Lipinski definition) is 0. The van der Waals surface area contributed by atoms with Crippen LogP contribution in [0.15, 0.2) is 38.2 Å². The molecule has 0 bridgehead atoms. The average Bonchev–Trinajstić information content (AvgIpc) is 2.74. The van der Waals surface area contributed by atoms with E-state index in [0.29, 0.717) is 10.7 Å². The van der Waals surface area contributed by atoms with Crippen molar-refractivity contribution in [1.29, 1.82) is 0 Å². The standard InChI is InChI=1S/C11H4Br2F6N2S/c12-5-3-6(13)9(8(4-5)22-11(17,18)19)7-1-2-21(20-7)10(14,15)16/h1-4H. The summed E-state index contributed by atoms with van der Waals surface area (Å²) in [5.41, 5.74) is -4.86. The van der Waals surface area contributed by atoms with Gasteiger partial charge in [0.2, 0.25) is 0 Å². The second-order valence-corrected chi connectivity index (χ2v) is 6.80. The molecule has 1 heterocycles. The van der Waals surface area contributed by atoms with Gasteiger partial charge in [0.05, 0.1) is 5.69 Å². The number of nitrogens with zero attached hydrogens (tertiary/aromatic N) is 2. The first-order valence-corrected chi connectivity index (χ1v) is 7.75. The van der Waals surface area contributed by atoms with Crippen LogP contribution in [0.1, 0.15) is 0 Å². The summed E-state index contributed by atoms with van der Waals surface area (Å²) >= 11 is 5.69. The molecule has 1 aromatic heterocycles. The number of alkyl halides is 6. The molecular weight excluding hydrogens is 466 g/mol. The van der Waals surface area contributed by atoms with Crippen molar-refractivity contribution >= 4 is 43.6 Å². The van der Waals surface area contributed by atoms with Gasteiger partial charge in [0.1, 0.15) is 0 Å². The molecule has 11 heteroatoms. The molecule has 0 saturated heterocycles. The Morgan fingerprint density at radius 3 is 2.18 bits per heavy atom. The molecule has 0 saturated carbocycles. The maximum atomic E-state index is 12.6. The lowest BCUT2D eigenvalue weighted by Gasteiger charge is -2.12. The second kappa shape index (κ2) is 6.08. The zero-order valence-corrected chi connectivity index (χ0v) is 14.1. The minimum absolute atomic E-state index is 0.0616. The monoisotopic (exact) mass is 468 g/mol. The summed E-state index contributed by atoms with van der Waals surface area (Å²) in [5, 5.41) is 3.30. The van der Waals surface area contributed by atoms with Crippen LogP contribution in [0.5, 0.6) is 0 Å². The molecule has 0 spiro atoms. The van der Waals surface area contributed by atoms with E-state index in [1.807, 2.05) is 0 Å². The first-order valence-electron chi connectivity index (χ1n) is 5.35. The van der Waals surface area contributed by atoms with Crippen molar-refractivity contribution in [2.24, 2.45) is 0 Å². The lowest BCUT2D eigenvalue weighted by atomic mass is 10.1. The van der Waals surface area contributed by atoms with E-state index in [0.717, 1.165) is 6.07 Å². The lowest BCUT2D eigenvalue weighted by molar-refractivity contribution is -0.212. The first kappa shape index (κ1) is 17.7. The van der Waals surface area contributed by atoms with Gasteiger partial charge in [-0.2, -0.15) is 23.0 Å². The van der Waals surface area contributed by atoms with Gasteiger partial charge in [0.25, 0.3) is 0 Å². The van der Waals surface area contributed by atoms with Crippen LogP contribution in [0, 0.1) is 0 Å². The van der Waals surface area contributed by atoms with Crippen LogP contribution in [-0.4, -0.2) is 15.3 Å². The summed E-state index contributed by atoms with van der Waals surface area (Å²) in [6, 6.07) is 3.61. The van der Waals surface area contributed by atoms with Gasteiger partial charge in [-0.25, -0.2) is 0 Å². The van der Waals surface area contributed by atoms with Crippen molar-refractivity contribution in [3.63, 3.8) is 0 Å². The van der Waals surface area contributed by atoms with Gasteiger partial charge in [-0.3, -0.25) is 0 Å². The Bertz CT molecular complexity index is 695. The molecule has 2 nitrogen and oxygen atoms in total. The average molecular weight is 470 g/mol. The minimum Gasteiger partial charge on any atom is -0.178 e. The topological polar surface area (TPSA) is 17.8 Å². The number of aromatic nitrogens is 2. The Labute approximate surface area is 141 Å². The number of benzene rings is 1. The fraction of sp³-hybridized carbons (Fsp3) is 0.182.